The molecule has 0 saturated carbocycles. The molecule has 0 aliphatic carbocycles. The van der Waals surface area contributed by atoms with Crippen molar-refractivity contribution in [3.05, 3.63) is 78.0 Å². The number of aliphatic hydroxyl groups excluding tert-OH is 1. The van der Waals surface area contributed by atoms with Crippen LogP contribution in [0, 0.1) is 0 Å². The molecule has 4 N–H and O–H groups in total. The Balaban J connectivity index is 1.34. The van der Waals surface area contributed by atoms with Crippen molar-refractivity contribution in [2.75, 3.05) is 23.8 Å². The number of carbonyl (C=O) groups is 2. The van der Waals surface area contributed by atoms with Gasteiger partial charge in [-0.25, -0.2) is 9.97 Å². The zero-order valence-corrected chi connectivity index (χ0v) is 18.8. The van der Waals surface area contributed by atoms with Gasteiger partial charge in [-0.05, 0) is 49.2 Å². The Morgan fingerprint density at radius 1 is 1.06 bits per heavy atom. The molecule has 2 atom stereocenters. The molecule has 0 spiro atoms. The van der Waals surface area contributed by atoms with E-state index >= 15 is 0 Å². The van der Waals surface area contributed by atoms with Gasteiger partial charge < -0.3 is 25.5 Å². The number of anilines is 2. The summed E-state index contributed by atoms with van der Waals surface area (Å²) in [5, 5.41) is 16.1. The summed E-state index contributed by atoms with van der Waals surface area (Å²) in [5.41, 5.74) is 2.54. The van der Waals surface area contributed by atoms with Crippen LogP contribution in [0.15, 0.2) is 61.3 Å². The average Bonchev–Trinajstić information content (AvgIpc) is 3.35. The lowest BCUT2D eigenvalue weighted by Gasteiger charge is -2.29. The van der Waals surface area contributed by atoms with Gasteiger partial charge in [-0.1, -0.05) is 0 Å². The van der Waals surface area contributed by atoms with Crippen molar-refractivity contribution in [3.8, 4) is 0 Å². The molecule has 5 rings (SSSR count). The molecule has 4 heterocycles. The van der Waals surface area contributed by atoms with Crippen LogP contribution < -0.4 is 10.6 Å². The summed E-state index contributed by atoms with van der Waals surface area (Å²) < 4.78 is 5.66. The van der Waals surface area contributed by atoms with Gasteiger partial charge in [-0.2, -0.15) is 0 Å². The van der Waals surface area contributed by atoms with E-state index < -0.39 is 0 Å². The fraction of sp³-hybridized carbons (Fsp3) is 0.240. The van der Waals surface area contributed by atoms with Gasteiger partial charge in [0, 0.05) is 35.4 Å². The number of hydrogen-bond donors (Lipinski definition) is 4. The van der Waals surface area contributed by atoms with Crippen molar-refractivity contribution in [1.82, 2.24) is 19.9 Å². The summed E-state index contributed by atoms with van der Waals surface area (Å²) in [5.74, 6) is 0.103. The average molecular weight is 473 g/mol. The molecule has 0 bridgehead atoms. The summed E-state index contributed by atoms with van der Waals surface area (Å²) in [7, 11) is 0. The molecule has 0 radical (unpaired) electrons. The summed E-state index contributed by atoms with van der Waals surface area (Å²) in [6, 6.07) is 9.98. The molecule has 35 heavy (non-hydrogen) atoms. The number of amides is 1. The minimum atomic E-state index is -0.257. The Hall–Kier alpha value is -4.15. The monoisotopic (exact) mass is 472 g/mol. The number of ketones is 1. The maximum absolute atomic E-state index is 13.4. The van der Waals surface area contributed by atoms with Crippen LogP contribution in [0.25, 0.3) is 11.0 Å². The van der Waals surface area contributed by atoms with Gasteiger partial charge in [0.15, 0.2) is 5.78 Å². The first-order valence-electron chi connectivity index (χ1n) is 11.3. The lowest BCUT2D eigenvalue weighted by atomic mass is 10.0. The van der Waals surface area contributed by atoms with E-state index in [-0.39, 0.29) is 30.4 Å². The third-order valence-electron chi connectivity index (χ3n) is 5.98. The number of ether oxygens (including phenoxy) is 1. The van der Waals surface area contributed by atoms with Crippen LogP contribution in [0.5, 0.6) is 0 Å². The van der Waals surface area contributed by atoms with Gasteiger partial charge in [0.2, 0.25) is 0 Å². The molecular formula is C25H24N6O4. The molecule has 1 fully saturated rings. The maximum atomic E-state index is 13.4. The Labute approximate surface area is 200 Å². The second-order valence-electron chi connectivity index (χ2n) is 8.30. The van der Waals surface area contributed by atoms with Crippen molar-refractivity contribution in [2.24, 2.45) is 0 Å². The SMILES string of the molecule is O=C(Nc1ccc(C(=O)c2c[nH]c3ncnc(N[C@@H]4CC[C@H](CO)OC4)c23)cc1)c1ccncc1. The van der Waals surface area contributed by atoms with Crippen molar-refractivity contribution in [3.63, 3.8) is 0 Å². The predicted molar refractivity (Wildman–Crippen MR) is 129 cm³/mol. The molecule has 10 nitrogen and oxygen atoms in total. The van der Waals surface area contributed by atoms with E-state index in [1.807, 2.05) is 0 Å². The number of pyridine rings is 1. The number of hydrogen-bond acceptors (Lipinski definition) is 8. The van der Waals surface area contributed by atoms with E-state index in [0.29, 0.717) is 45.8 Å². The van der Waals surface area contributed by atoms with E-state index in [1.54, 1.807) is 55.0 Å². The van der Waals surface area contributed by atoms with Crippen molar-refractivity contribution in [2.45, 2.75) is 25.0 Å². The maximum Gasteiger partial charge on any atom is 0.255 e. The van der Waals surface area contributed by atoms with Gasteiger partial charge in [0.05, 0.1) is 36.3 Å². The van der Waals surface area contributed by atoms with Crippen LogP contribution >= 0.6 is 0 Å². The van der Waals surface area contributed by atoms with E-state index in [4.69, 9.17) is 4.74 Å². The number of nitrogens with one attached hydrogen (secondary N) is 3. The van der Waals surface area contributed by atoms with Crippen LogP contribution in [0.3, 0.4) is 0 Å². The van der Waals surface area contributed by atoms with Gasteiger partial charge in [0.1, 0.15) is 17.8 Å². The highest BCUT2D eigenvalue weighted by Crippen LogP contribution is 2.28. The summed E-state index contributed by atoms with van der Waals surface area (Å²) >= 11 is 0. The first-order chi connectivity index (χ1) is 17.1. The first-order valence-corrected chi connectivity index (χ1v) is 11.3. The molecule has 1 aliphatic rings. The van der Waals surface area contributed by atoms with Crippen molar-refractivity contribution >= 4 is 34.2 Å². The number of nitrogens with zero attached hydrogens (tertiary/aromatic N) is 3. The number of aromatic nitrogens is 4. The van der Waals surface area contributed by atoms with Crippen LogP contribution in [-0.2, 0) is 4.74 Å². The third-order valence-corrected chi connectivity index (χ3v) is 5.98. The Bertz CT molecular complexity index is 1330. The lowest BCUT2D eigenvalue weighted by molar-refractivity contribution is -0.0224. The smallest absolute Gasteiger partial charge is 0.255 e. The molecule has 1 aromatic carbocycles. The van der Waals surface area contributed by atoms with Crippen molar-refractivity contribution in [1.29, 1.82) is 0 Å². The fourth-order valence-electron chi connectivity index (χ4n) is 4.08. The minimum Gasteiger partial charge on any atom is -0.394 e. The summed E-state index contributed by atoms with van der Waals surface area (Å²) in [6.07, 6.45) is 7.60. The minimum absolute atomic E-state index is 0.00708. The van der Waals surface area contributed by atoms with Gasteiger partial charge in [-0.15, -0.1) is 0 Å². The number of benzene rings is 1. The molecular weight excluding hydrogens is 448 g/mol. The zero-order valence-electron chi connectivity index (χ0n) is 18.8. The molecule has 4 aromatic rings. The number of carbonyl (C=O) groups excluding carboxylic acids is 2. The van der Waals surface area contributed by atoms with Gasteiger partial charge in [-0.3, -0.25) is 14.6 Å². The second-order valence-corrected chi connectivity index (χ2v) is 8.30. The lowest BCUT2D eigenvalue weighted by Crippen LogP contribution is -2.36. The number of H-pyrrole nitrogens is 1. The van der Waals surface area contributed by atoms with Crippen LogP contribution in [-0.4, -0.2) is 62.1 Å². The molecule has 178 valence electrons. The van der Waals surface area contributed by atoms with Gasteiger partial charge >= 0.3 is 0 Å². The van der Waals surface area contributed by atoms with E-state index in [2.05, 4.69) is 30.6 Å². The first kappa shape index (κ1) is 22.6. The van der Waals surface area contributed by atoms with E-state index in [0.717, 1.165) is 12.8 Å². The molecule has 1 amide bonds. The third kappa shape index (κ3) is 4.88. The Morgan fingerprint density at radius 2 is 1.86 bits per heavy atom. The molecule has 1 aliphatic heterocycles. The predicted octanol–water partition coefficient (Wildman–Crippen LogP) is 2.79. The van der Waals surface area contributed by atoms with E-state index in [1.165, 1.54) is 6.33 Å². The van der Waals surface area contributed by atoms with Crippen LogP contribution in [0.2, 0.25) is 0 Å². The summed E-state index contributed by atoms with van der Waals surface area (Å²) in [4.78, 5) is 41.3. The number of aliphatic hydroxyl groups is 1. The largest absolute Gasteiger partial charge is 0.394 e. The highest BCUT2D eigenvalue weighted by Gasteiger charge is 2.24. The topological polar surface area (TPSA) is 142 Å². The second kappa shape index (κ2) is 10.00. The number of rotatable bonds is 7. The van der Waals surface area contributed by atoms with E-state index in [9.17, 15) is 14.7 Å². The van der Waals surface area contributed by atoms with Crippen LogP contribution in [0.1, 0.15) is 39.1 Å². The summed E-state index contributed by atoms with van der Waals surface area (Å²) in [6.45, 7) is 0.449. The standard InChI is InChI=1S/C25H24N6O4/c32-12-19-6-5-18(13-35-19)30-24-21-20(11-27-23(21)28-14-29-24)22(33)15-1-3-17(4-2-15)31-25(34)16-7-9-26-10-8-16/h1-4,7-11,14,18-19,32H,5-6,12-13H2,(H,31,34)(H2,27,28,29,30)/t18-,19-/m1/s1. The Morgan fingerprint density at radius 3 is 2.57 bits per heavy atom. The zero-order chi connectivity index (χ0) is 24.2. The molecule has 1 saturated heterocycles. The molecule has 3 aromatic heterocycles. The normalized spacial score (nSPS) is 17.7. The van der Waals surface area contributed by atoms with Crippen molar-refractivity contribution < 1.29 is 19.4 Å². The quantitative estimate of drug-likeness (QED) is 0.301. The molecule has 0 unspecified atom stereocenters. The number of fused-ring (bicyclic) bond motifs is 1. The Kier molecular flexibility index (Phi) is 6.47. The highest BCUT2D eigenvalue weighted by atomic mass is 16.5. The number of aromatic amines is 1. The van der Waals surface area contributed by atoms with Gasteiger partial charge in [0.25, 0.3) is 5.91 Å². The van der Waals surface area contributed by atoms with Crippen LogP contribution in [0.4, 0.5) is 11.5 Å². The highest BCUT2D eigenvalue weighted by molar-refractivity contribution is 6.18. The fourth-order valence-corrected chi connectivity index (χ4v) is 4.08. The molecule has 10 heteroatoms.